The van der Waals surface area contributed by atoms with Crippen LogP contribution in [0.5, 0.6) is 5.75 Å². The normalized spacial score (nSPS) is 11.1. The lowest BCUT2D eigenvalue weighted by atomic mass is 10.2. The van der Waals surface area contributed by atoms with Gasteiger partial charge in [-0.3, -0.25) is 0 Å². The van der Waals surface area contributed by atoms with Crippen molar-refractivity contribution < 1.29 is 13.6 Å². The molecule has 0 saturated heterocycles. The first kappa shape index (κ1) is 13.0. The number of alkyl halides is 1. The Morgan fingerprint density at radius 2 is 2.15 bits per heavy atom. The van der Waals surface area contributed by atoms with E-state index in [4.69, 9.17) is 25.2 Å². The second-order valence-corrected chi connectivity index (χ2v) is 4.67. The largest absolute Gasteiger partial charge is 0.493 e. The van der Waals surface area contributed by atoms with Crippen LogP contribution in [-0.4, -0.2) is 22.7 Å². The first-order chi connectivity index (χ1) is 9.78. The molecule has 0 saturated carbocycles. The van der Waals surface area contributed by atoms with Crippen LogP contribution >= 0.6 is 11.6 Å². The summed E-state index contributed by atoms with van der Waals surface area (Å²) in [6, 6.07) is 7.49. The molecule has 5 nitrogen and oxygen atoms in total. The number of fused-ring (bicyclic) bond motifs is 1. The van der Waals surface area contributed by atoms with Gasteiger partial charge in [-0.2, -0.15) is 0 Å². The monoisotopic (exact) mass is 292 g/mol. The predicted molar refractivity (Wildman–Crippen MR) is 75.1 cm³/mol. The van der Waals surface area contributed by atoms with Gasteiger partial charge >= 0.3 is 0 Å². The molecule has 3 aromatic rings. The number of halogens is 1. The molecule has 2 aromatic heterocycles. The Morgan fingerprint density at radius 3 is 2.90 bits per heavy atom. The smallest absolute Gasteiger partial charge is 0.283 e. The first-order valence-electron chi connectivity index (χ1n) is 6.30. The molecule has 6 heteroatoms. The third kappa shape index (κ3) is 2.49. The Hall–Kier alpha value is -2.01. The molecule has 0 amide bonds. The minimum absolute atomic E-state index is 0.366. The van der Waals surface area contributed by atoms with E-state index in [0.717, 1.165) is 23.1 Å². The molecule has 2 heterocycles. The molecular formula is C14H13ClN2O3. The Bertz CT molecular complexity index is 720. The summed E-state index contributed by atoms with van der Waals surface area (Å²) in [5.74, 6) is 2.74. The maximum absolute atomic E-state index is 5.71. The van der Waals surface area contributed by atoms with Crippen LogP contribution in [0.2, 0.25) is 0 Å². The molecule has 3 rings (SSSR count). The number of ether oxygens (including phenoxy) is 1. The molecule has 0 fully saturated rings. The molecule has 0 aliphatic rings. The molecule has 0 N–H and O–H groups in total. The number of hydrogen-bond donors (Lipinski definition) is 0. The molecule has 0 aliphatic carbocycles. The van der Waals surface area contributed by atoms with Gasteiger partial charge in [-0.05, 0) is 18.6 Å². The number of furan rings is 1. The van der Waals surface area contributed by atoms with Crippen molar-refractivity contribution in [3.8, 4) is 17.4 Å². The first-order valence-corrected chi connectivity index (χ1v) is 6.83. The second-order valence-electron chi connectivity index (χ2n) is 4.30. The molecule has 1 aromatic carbocycles. The summed E-state index contributed by atoms with van der Waals surface area (Å²) in [6.07, 6.45) is 0.797. The molecule has 0 atom stereocenters. The van der Waals surface area contributed by atoms with E-state index in [2.05, 4.69) is 10.2 Å². The van der Waals surface area contributed by atoms with E-state index >= 15 is 0 Å². The van der Waals surface area contributed by atoms with Crippen LogP contribution in [0.25, 0.3) is 22.6 Å². The fraction of sp³-hybridized carbons (Fsp3) is 0.286. The van der Waals surface area contributed by atoms with Gasteiger partial charge in [0.05, 0.1) is 12.0 Å². The quantitative estimate of drug-likeness (QED) is 0.529. The molecule has 0 spiro atoms. The maximum Gasteiger partial charge on any atom is 0.283 e. The number of benzene rings is 1. The van der Waals surface area contributed by atoms with Crippen LogP contribution in [0.4, 0.5) is 0 Å². The third-order valence-corrected chi connectivity index (χ3v) is 3.06. The average molecular weight is 293 g/mol. The highest BCUT2D eigenvalue weighted by Crippen LogP contribution is 2.32. The molecule has 20 heavy (non-hydrogen) atoms. The molecule has 104 valence electrons. The summed E-state index contributed by atoms with van der Waals surface area (Å²) < 4.78 is 16.8. The molecular weight excluding hydrogens is 280 g/mol. The van der Waals surface area contributed by atoms with Crippen molar-refractivity contribution in [2.24, 2.45) is 0 Å². The van der Waals surface area contributed by atoms with E-state index in [1.807, 2.05) is 24.3 Å². The minimum Gasteiger partial charge on any atom is -0.493 e. The highest BCUT2D eigenvalue weighted by Gasteiger charge is 2.14. The van der Waals surface area contributed by atoms with Gasteiger partial charge in [0.2, 0.25) is 5.89 Å². The van der Waals surface area contributed by atoms with Gasteiger partial charge < -0.3 is 13.6 Å². The molecule has 0 aliphatic heterocycles. The Morgan fingerprint density at radius 1 is 1.25 bits per heavy atom. The lowest BCUT2D eigenvalue weighted by Gasteiger charge is -2.04. The van der Waals surface area contributed by atoms with Crippen LogP contribution in [0, 0.1) is 6.92 Å². The lowest BCUT2D eigenvalue weighted by Crippen LogP contribution is -1.97. The molecule has 0 unspecified atom stereocenters. The van der Waals surface area contributed by atoms with Crippen molar-refractivity contribution in [1.29, 1.82) is 0 Å². The summed E-state index contributed by atoms with van der Waals surface area (Å²) in [6.45, 7) is 2.31. The summed E-state index contributed by atoms with van der Waals surface area (Å²) >= 11 is 5.65. The van der Waals surface area contributed by atoms with Crippen molar-refractivity contribution in [3.63, 3.8) is 0 Å². The number of rotatable bonds is 5. The van der Waals surface area contributed by atoms with Gasteiger partial charge in [-0.25, -0.2) is 0 Å². The van der Waals surface area contributed by atoms with E-state index < -0.39 is 0 Å². The van der Waals surface area contributed by atoms with E-state index in [1.165, 1.54) is 0 Å². The summed E-state index contributed by atoms with van der Waals surface area (Å²) in [7, 11) is 0. The van der Waals surface area contributed by atoms with Gasteiger partial charge in [-0.15, -0.1) is 21.8 Å². The second kappa shape index (κ2) is 5.54. The van der Waals surface area contributed by atoms with Gasteiger partial charge in [-0.1, -0.05) is 6.07 Å². The highest BCUT2D eigenvalue weighted by molar-refractivity contribution is 6.17. The zero-order valence-corrected chi connectivity index (χ0v) is 11.7. The molecule has 0 radical (unpaired) electrons. The lowest BCUT2D eigenvalue weighted by molar-refractivity contribution is 0.322. The van der Waals surface area contributed by atoms with Crippen LogP contribution in [0.3, 0.4) is 0 Å². The fourth-order valence-corrected chi connectivity index (χ4v) is 2.01. The van der Waals surface area contributed by atoms with E-state index in [9.17, 15) is 0 Å². The summed E-state index contributed by atoms with van der Waals surface area (Å²) in [5.41, 5.74) is 0.722. The number of aryl methyl sites for hydroxylation is 1. The number of aromatic nitrogens is 2. The van der Waals surface area contributed by atoms with Crippen molar-refractivity contribution >= 4 is 22.6 Å². The third-order valence-electron chi connectivity index (χ3n) is 2.79. The van der Waals surface area contributed by atoms with E-state index in [-0.39, 0.29) is 0 Å². The van der Waals surface area contributed by atoms with Gasteiger partial charge in [0.15, 0.2) is 5.76 Å². The number of hydrogen-bond acceptors (Lipinski definition) is 5. The van der Waals surface area contributed by atoms with E-state index in [0.29, 0.717) is 30.0 Å². The highest BCUT2D eigenvalue weighted by atomic mass is 35.5. The Labute approximate surface area is 120 Å². The van der Waals surface area contributed by atoms with Gasteiger partial charge in [0.25, 0.3) is 5.89 Å². The molecule has 0 bridgehead atoms. The Balaban J connectivity index is 1.96. The fourth-order valence-electron chi connectivity index (χ4n) is 1.90. The van der Waals surface area contributed by atoms with Crippen molar-refractivity contribution in [3.05, 3.63) is 30.2 Å². The zero-order chi connectivity index (χ0) is 13.9. The van der Waals surface area contributed by atoms with Crippen LogP contribution in [0.15, 0.2) is 33.1 Å². The predicted octanol–water partition coefficient (Wildman–Crippen LogP) is 3.80. The minimum atomic E-state index is 0.366. The number of nitrogens with zero attached hydrogens (tertiary/aromatic N) is 2. The zero-order valence-electron chi connectivity index (χ0n) is 10.9. The Kier molecular flexibility index (Phi) is 3.60. The summed E-state index contributed by atoms with van der Waals surface area (Å²) in [4.78, 5) is 0. The topological polar surface area (TPSA) is 61.3 Å². The van der Waals surface area contributed by atoms with Crippen molar-refractivity contribution in [2.45, 2.75) is 13.3 Å². The van der Waals surface area contributed by atoms with Crippen LogP contribution in [0.1, 0.15) is 12.3 Å². The van der Waals surface area contributed by atoms with Gasteiger partial charge in [0.1, 0.15) is 11.3 Å². The maximum atomic E-state index is 5.71. The standard InChI is InChI=1S/C14H13ClN2O3/c1-9-16-17-14(19-9)13-8-10-11(18-7-3-6-15)4-2-5-12(10)20-13/h2,4-5,8H,3,6-7H2,1H3. The van der Waals surface area contributed by atoms with Crippen LogP contribution < -0.4 is 4.74 Å². The van der Waals surface area contributed by atoms with Crippen LogP contribution in [-0.2, 0) is 0 Å². The van der Waals surface area contributed by atoms with Gasteiger partial charge in [0, 0.05) is 18.9 Å². The SMILES string of the molecule is Cc1nnc(-c2cc3c(OCCCCl)cccc3o2)o1. The summed E-state index contributed by atoms with van der Waals surface area (Å²) in [5, 5.41) is 8.62. The van der Waals surface area contributed by atoms with Crippen molar-refractivity contribution in [1.82, 2.24) is 10.2 Å². The average Bonchev–Trinajstić information content (AvgIpc) is 3.05. The van der Waals surface area contributed by atoms with E-state index in [1.54, 1.807) is 6.92 Å². The van der Waals surface area contributed by atoms with Crippen molar-refractivity contribution in [2.75, 3.05) is 12.5 Å².